The van der Waals surface area contributed by atoms with Gasteiger partial charge in [-0.25, -0.2) is 4.98 Å². The number of hydrogen-bond donors (Lipinski definition) is 1. The van der Waals surface area contributed by atoms with Crippen LogP contribution in [-0.4, -0.2) is 14.9 Å². The van der Waals surface area contributed by atoms with Gasteiger partial charge < -0.3 is 9.88 Å². The molecule has 0 unspecified atom stereocenters. The van der Waals surface area contributed by atoms with Crippen molar-refractivity contribution in [2.45, 2.75) is 19.3 Å². The third kappa shape index (κ3) is 3.35. The predicted octanol–water partition coefficient (Wildman–Crippen LogP) is 5.08. The van der Waals surface area contributed by atoms with E-state index in [2.05, 4.69) is 9.97 Å². The van der Waals surface area contributed by atoms with Crippen LogP contribution in [0.15, 0.2) is 60.8 Å². The normalized spacial score (nSPS) is 13.7. The fourth-order valence-corrected chi connectivity index (χ4v) is 3.03. The van der Waals surface area contributed by atoms with E-state index in [-0.39, 0.29) is 0 Å². The Hall–Kier alpha value is -3.02. The van der Waals surface area contributed by atoms with Crippen LogP contribution in [0.4, 0.5) is 13.2 Å². The van der Waals surface area contributed by atoms with Gasteiger partial charge in [-0.15, -0.1) is 0 Å². The summed E-state index contributed by atoms with van der Waals surface area (Å²) in [6.45, 7) is 0.974. The number of aromatic amines is 1. The topological polar surface area (TPSA) is 31.9 Å². The summed E-state index contributed by atoms with van der Waals surface area (Å²) >= 11 is 0. The number of halogens is 3. The van der Waals surface area contributed by atoms with Crippen molar-refractivity contribution >= 4 is 6.08 Å². The molecule has 0 fully saturated rings. The standard InChI is InChI=1S/C20H16F3N3/c21-20(22,23)16-8-4-5-14(11-16)12-26-10-9-17-18(13-26)25-19(24-17)15-6-2-1-3-7-15/h1-11H,12-13H2,(H,24,25). The lowest BCUT2D eigenvalue weighted by Gasteiger charge is -2.23. The highest BCUT2D eigenvalue weighted by molar-refractivity contribution is 5.60. The molecule has 3 nitrogen and oxygen atoms in total. The minimum absolute atomic E-state index is 0.402. The Morgan fingerprint density at radius 3 is 2.62 bits per heavy atom. The Bertz CT molecular complexity index is 942. The Labute approximate surface area is 148 Å². The molecule has 0 bridgehead atoms. The first-order valence-electron chi connectivity index (χ1n) is 8.22. The van der Waals surface area contributed by atoms with E-state index in [0.29, 0.717) is 18.7 Å². The van der Waals surface area contributed by atoms with Gasteiger partial charge in [0.1, 0.15) is 5.82 Å². The highest BCUT2D eigenvalue weighted by Gasteiger charge is 2.30. The molecule has 26 heavy (non-hydrogen) atoms. The monoisotopic (exact) mass is 355 g/mol. The number of nitrogens with zero attached hydrogens (tertiary/aromatic N) is 2. The van der Waals surface area contributed by atoms with Crippen LogP contribution < -0.4 is 0 Å². The van der Waals surface area contributed by atoms with Crippen molar-refractivity contribution in [3.05, 3.63) is 83.3 Å². The summed E-state index contributed by atoms with van der Waals surface area (Å²) in [5.41, 5.74) is 2.82. The van der Waals surface area contributed by atoms with Crippen LogP contribution in [0.25, 0.3) is 17.5 Å². The molecule has 0 spiro atoms. The van der Waals surface area contributed by atoms with Gasteiger partial charge in [0.2, 0.25) is 0 Å². The van der Waals surface area contributed by atoms with Crippen LogP contribution in [-0.2, 0) is 19.3 Å². The van der Waals surface area contributed by atoms with Crippen LogP contribution in [0.1, 0.15) is 22.5 Å². The zero-order valence-electron chi connectivity index (χ0n) is 13.8. The third-order valence-corrected chi connectivity index (χ3v) is 4.30. The predicted molar refractivity (Wildman–Crippen MR) is 93.7 cm³/mol. The number of rotatable bonds is 3. The summed E-state index contributed by atoms with van der Waals surface area (Å²) in [4.78, 5) is 9.87. The molecule has 0 saturated carbocycles. The lowest BCUT2D eigenvalue weighted by atomic mass is 10.1. The molecule has 3 aromatic rings. The van der Waals surface area contributed by atoms with Gasteiger partial charge in [-0.1, -0.05) is 42.5 Å². The molecule has 0 radical (unpaired) electrons. The van der Waals surface area contributed by atoms with E-state index in [4.69, 9.17) is 0 Å². The van der Waals surface area contributed by atoms with Gasteiger partial charge in [-0.2, -0.15) is 13.2 Å². The number of H-pyrrole nitrogens is 1. The van der Waals surface area contributed by atoms with Gasteiger partial charge in [-0.3, -0.25) is 0 Å². The first kappa shape index (κ1) is 16.4. The summed E-state index contributed by atoms with van der Waals surface area (Å²) in [7, 11) is 0. The summed E-state index contributed by atoms with van der Waals surface area (Å²) in [6.07, 6.45) is -0.567. The highest BCUT2D eigenvalue weighted by Crippen LogP contribution is 2.30. The van der Waals surface area contributed by atoms with E-state index in [1.54, 1.807) is 6.07 Å². The zero-order valence-corrected chi connectivity index (χ0v) is 13.8. The van der Waals surface area contributed by atoms with Crippen molar-refractivity contribution in [1.82, 2.24) is 14.9 Å². The molecule has 0 aliphatic carbocycles. The average Bonchev–Trinajstić information content (AvgIpc) is 3.05. The maximum absolute atomic E-state index is 12.9. The maximum Gasteiger partial charge on any atom is 0.416 e. The van der Waals surface area contributed by atoms with E-state index < -0.39 is 11.7 Å². The van der Waals surface area contributed by atoms with E-state index in [9.17, 15) is 13.2 Å². The van der Waals surface area contributed by atoms with Crippen LogP contribution in [0.3, 0.4) is 0 Å². The van der Waals surface area contributed by atoms with Crippen LogP contribution in [0.2, 0.25) is 0 Å². The summed E-state index contributed by atoms with van der Waals surface area (Å²) in [6, 6.07) is 15.3. The van der Waals surface area contributed by atoms with Crippen LogP contribution in [0.5, 0.6) is 0 Å². The Morgan fingerprint density at radius 1 is 1.04 bits per heavy atom. The minimum atomic E-state index is -4.32. The van der Waals surface area contributed by atoms with Crippen LogP contribution >= 0.6 is 0 Å². The number of fused-ring (bicyclic) bond motifs is 1. The zero-order chi connectivity index (χ0) is 18.1. The lowest BCUT2D eigenvalue weighted by Crippen LogP contribution is -2.20. The van der Waals surface area contributed by atoms with Crippen LogP contribution in [0, 0.1) is 0 Å². The first-order chi connectivity index (χ1) is 12.5. The van der Waals surface area contributed by atoms with E-state index in [0.717, 1.165) is 28.8 Å². The van der Waals surface area contributed by atoms with Crippen molar-refractivity contribution in [3.8, 4) is 11.4 Å². The quantitative estimate of drug-likeness (QED) is 0.710. The van der Waals surface area contributed by atoms with E-state index in [1.807, 2.05) is 47.5 Å². The molecule has 1 aliphatic rings. The number of imidazole rings is 1. The van der Waals surface area contributed by atoms with Gasteiger partial charge in [0.15, 0.2) is 0 Å². The van der Waals surface area contributed by atoms with Crippen molar-refractivity contribution in [1.29, 1.82) is 0 Å². The fourth-order valence-electron chi connectivity index (χ4n) is 3.03. The second-order valence-corrected chi connectivity index (χ2v) is 6.23. The molecular formula is C20H16F3N3. The molecule has 0 saturated heterocycles. The number of aromatic nitrogens is 2. The Kier molecular flexibility index (Phi) is 4.03. The first-order valence-corrected chi connectivity index (χ1v) is 8.22. The molecule has 1 aromatic heterocycles. The van der Waals surface area contributed by atoms with E-state index >= 15 is 0 Å². The highest BCUT2D eigenvalue weighted by atomic mass is 19.4. The summed E-state index contributed by atoms with van der Waals surface area (Å²) in [5.74, 6) is 0.793. The summed E-state index contributed by atoms with van der Waals surface area (Å²) < 4.78 is 38.6. The number of alkyl halides is 3. The SMILES string of the molecule is FC(F)(F)c1cccc(CN2C=Cc3nc(-c4ccccc4)[nH]c3C2)c1. The van der Waals surface area contributed by atoms with Crippen molar-refractivity contribution in [3.63, 3.8) is 0 Å². The molecule has 0 atom stereocenters. The fraction of sp³-hybridized carbons (Fsp3) is 0.150. The molecule has 6 heteroatoms. The summed E-state index contributed by atoms with van der Waals surface area (Å²) in [5, 5.41) is 0. The third-order valence-electron chi connectivity index (χ3n) is 4.30. The second kappa shape index (κ2) is 6.37. The minimum Gasteiger partial charge on any atom is -0.367 e. The lowest BCUT2D eigenvalue weighted by molar-refractivity contribution is -0.137. The number of benzene rings is 2. The molecule has 2 heterocycles. The van der Waals surface area contributed by atoms with Gasteiger partial charge in [0.05, 0.1) is 23.5 Å². The maximum atomic E-state index is 12.9. The molecule has 132 valence electrons. The molecule has 1 N–H and O–H groups in total. The van der Waals surface area contributed by atoms with Gasteiger partial charge >= 0.3 is 6.18 Å². The van der Waals surface area contributed by atoms with Gasteiger partial charge in [-0.05, 0) is 23.8 Å². The molecule has 2 aromatic carbocycles. The second-order valence-electron chi connectivity index (χ2n) is 6.23. The Balaban J connectivity index is 1.52. The average molecular weight is 355 g/mol. The van der Waals surface area contributed by atoms with Gasteiger partial charge in [0.25, 0.3) is 0 Å². The largest absolute Gasteiger partial charge is 0.416 e. The van der Waals surface area contributed by atoms with Crippen molar-refractivity contribution in [2.24, 2.45) is 0 Å². The van der Waals surface area contributed by atoms with Crippen molar-refractivity contribution < 1.29 is 13.2 Å². The number of nitrogens with one attached hydrogen (secondary N) is 1. The molecular weight excluding hydrogens is 339 g/mol. The molecule has 4 rings (SSSR count). The molecule has 1 aliphatic heterocycles. The smallest absolute Gasteiger partial charge is 0.367 e. The number of hydrogen-bond acceptors (Lipinski definition) is 2. The van der Waals surface area contributed by atoms with E-state index in [1.165, 1.54) is 12.1 Å². The Morgan fingerprint density at radius 2 is 1.85 bits per heavy atom. The van der Waals surface area contributed by atoms with Gasteiger partial charge in [0, 0.05) is 18.3 Å². The van der Waals surface area contributed by atoms with Crippen molar-refractivity contribution in [2.75, 3.05) is 0 Å². The molecule has 0 amide bonds.